The summed E-state index contributed by atoms with van der Waals surface area (Å²) in [5.74, 6) is 1.22. The zero-order chi connectivity index (χ0) is 21.8. The fourth-order valence-electron chi connectivity index (χ4n) is 3.43. The predicted octanol–water partition coefficient (Wildman–Crippen LogP) is 2.79. The van der Waals surface area contributed by atoms with Gasteiger partial charge in [-0.15, -0.1) is 5.10 Å². The van der Waals surface area contributed by atoms with E-state index in [1.54, 1.807) is 43.4 Å². The van der Waals surface area contributed by atoms with Crippen LogP contribution in [-0.2, 0) is 16.0 Å². The van der Waals surface area contributed by atoms with Crippen molar-refractivity contribution in [1.29, 1.82) is 0 Å². The number of ether oxygens (including phenoxy) is 2. The van der Waals surface area contributed by atoms with Gasteiger partial charge in [-0.05, 0) is 42.0 Å². The van der Waals surface area contributed by atoms with Crippen LogP contribution in [-0.4, -0.2) is 42.8 Å². The van der Waals surface area contributed by atoms with Gasteiger partial charge in [0.05, 0.1) is 26.6 Å². The zero-order valence-electron chi connectivity index (χ0n) is 17.2. The highest BCUT2D eigenvalue weighted by Gasteiger charge is 2.35. The Hall–Kier alpha value is -3.88. The second kappa shape index (κ2) is 8.86. The van der Waals surface area contributed by atoms with Crippen molar-refractivity contribution in [3.05, 3.63) is 60.0 Å². The van der Waals surface area contributed by atoms with Gasteiger partial charge in [0.2, 0.25) is 17.7 Å². The van der Waals surface area contributed by atoms with Gasteiger partial charge in [0.15, 0.2) is 0 Å². The second-order valence-electron chi connectivity index (χ2n) is 7.12. The number of hydrogen-bond donors (Lipinski definition) is 1. The third kappa shape index (κ3) is 4.66. The summed E-state index contributed by atoms with van der Waals surface area (Å²) in [6, 6.07) is 14.5. The topological polar surface area (TPSA) is 107 Å². The molecule has 1 aliphatic rings. The number of nitrogens with zero attached hydrogens (tertiary/aromatic N) is 3. The molecule has 1 atom stereocenters. The number of carbonyl (C=O) groups is 2. The van der Waals surface area contributed by atoms with E-state index in [2.05, 4.69) is 15.5 Å². The number of benzene rings is 2. The summed E-state index contributed by atoms with van der Waals surface area (Å²) in [6.07, 6.45) is 0.419. The lowest BCUT2D eigenvalue weighted by Crippen LogP contribution is -2.24. The van der Waals surface area contributed by atoms with E-state index in [9.17, 15) is 9.59 Å². The first-order valence-corrected chi connectivity index (χ1v) is 9.76. The maximum absolute atomic E-state index is 12.5. The molecule has 4 rings (SSSR count). The minimum atomic E-state index is -0.275. The Labute approximate surface area is 179 Å². The molecule has 1 aliphatic heterocycles. The smallest absolute Gasteiger partial charge is 0.322 e. The average molecular weight is 422 g/mol. The molecule has 2 aromatic carbocycles. The van der Waals surface area contributed by atoms with Crippen LogP contribution in [0.4, 0.5) is 11.7 Å². The summed E-state index contributed by atoms with van der Waals surface area (Å²) in [4.78, 5) is 26.4. The molecule has 0 spiro atoms. The molecule has 1 fully saturated rings. The van der Waals surface area contributed by atoms with Gasteiger partial charge >= 0.3 is 6.01 Å². The lowest BCUT2D eigenvalue weighted by molar-refractivity contribution is -0.117. The van der Waals surface area contributed by atoms with Crippen LogP contribution in [0.5, 0.6) is 11.5 Å². The maximum Gasteiger partial charge on any atom is 0.322 e. The highest BCUT2D eigenvalue weighted by molar-refractivity contribution is 5.96. The van der Waals surface area contributed by atoms with Crippen molar-refractivity contribution in [3.63, 3.8) is 0 Å². The Balaban J connectivity index is 1.36. The average Bonchev–Trinajstić information content (AvgIpc) is 3.41. The largest absolute Gasteiger partial charge is 0.497 e. The Kier molecular flexibility index (Phi) is 5.83. The van der Waals surface area contributed by atoms with Gasteiger partial charge in [-0.3, -0.25) is 14.9 Å². The number of nitrogens with one attached hydrogen (secondary N) is 1. The molecule has 0 aliphatic carbocycles. The van der Waals surface area contributed by atoms with Crippen LogP contribution < -0.4 is 19.7 Å². The fraction of sp³-hybridized carbons (Fsp3) is 0.273. The number of rotatable bonds is 7. The number of amides is 2. The van der Waals surface area contributed by atoms with Gasteiger partial charge in [0.1, 0.15) is 11.5 Å². The fourth-order valence-corrected chi connectivity index (χ4v) is 3.43. The van der Waals surface area contributed by atoms with Gasteiger partial charge in [0.25, 0.3) is 0 Å². The van der Waals surface area contributed by atoms with E-state index >= 15 is 0 Å². The van der Waals surface area contributed by atoms with Gasteiger partial charge < -0.3 is 18.8 Å². The zero-order valence-corrected chi connectivity index (χ0v) is 17.2. The molecule has 0 radical (unpaired) electrons. The summed E-state index contributed by atoms with van der Waals surface area (Å²) in [5, 5.41) is 10.5. The van der Waals surface area contributed by atoms with Crippen LogP contribution in [0.1, 0.15) is 23.8 Å². The molecule has 1 unspecified atom stereocenters. The minimum absolute atomic E-state index is 0.0175. The molecule has 1 saturated heterocycles. The highest BCUT2D eigenvalue weighted by Crippen LogP contribution is 2.32. The first-order chi connectivity index (χ1) is 15.1. The van der Waals surface area contributed by atoms with Crippen LogP contribution in [0.15, 0.2) is 52.9 Å². The SMILES string of the molecule is COc1ccc(CC(=O)Nc2nnc(C3CC(=O)N(c4ccc(OC)cc4)C3)o2)cc1. The predicted molar refractivity (Wildman–Crippen MR) is 112 cm³/mol. The molecule has 1 N–H and O–H groups in total. The molecule has 160 valence electrons. The van der Waals surface area contributed by atoms with Crippen molar-refractivity contribution in [2.45, 2.75) is 18.8 Å². The lowest BCUT2D eigenvalue weighted by atomic mass is 10.1. The maximum atomic E-state index is 12.5. The van der Waals surface area contributed by atoms with Crippen molar-refractivity contribution >= 4 is 23.5 Å². The molecule has 0 bridgehead atoms. The number of anilines is 2. The Morgan fingerprint density at radius 2 is 1.71 bits per heavy atom. The van der Waals surface area contributed by atoms with E-state index in [4.69, 9.17) is 13.9 Å². The first kappa shape index (κ1) is 20.4. The second-order valence-corrected chi connectivity index (χ2v) is 7.12. The Morgan fingerprint density at radius 3 is 2.35 bits per heavy atom. The highest BCUT2D eigenvalue weighted by atomic mass is 16.5. The number of methoxy groups -OCH3 is 2. The normalized spacial score (nSPS) is 15.7. The van der Waals surface area contributed by atoms with Gasteiger partial charge in [0, 0.05) is 18.7 Å². The standard InChI is InChI=1S/C22H22N4O5/c1-29-17-7-3-14(4-8-17)11-19(27)23-22-25-24-21(31-22)15-12-20(28)26(13-15)16-5-9-18(30-2)10-6-16/h3-10,15H,11-13H2,1-2H3,(H,23,25,27). The summed E-state index contributed by atoms with van der Waals surface area (Å²) >= 11 is 0. The summed E-state index contributed by atoms with van der Waals surface area (Å²) in [7, 11) is 3.18. The van der Waals surface area contributed by atoms with Crippen LogP contribution in [0.3, 0.4) is 0 Å². The van der Waals surface area contributed by atoms with Crippen molar-refractivity contribution in [2.75, 3.05) is 31.0 Å². The lowest BCUT2D eigenvalue weighted by Gasteiger charge is -2.16. The van der Waals surface area contributed by atoms with Crippen LogP contribution in [0.25, 0.3) is 0 Å². The van der Waals surface area contributed by atoms with Crippen molar-refractivity contribution in [2.24, 2.45) is 0 Å². The van der Waals surface area contributed by atoms with Crippen molar-refractivity contribution in [1.82, 2.24) is 10.2 Å². The molecule has 1 aromatic heterocycles. The monoisotopic (exact) mass is 422 g/mol. The summed E-state index contributed by atoms with van der Waals surface area (Å²) in [5.41, 5.74) is 1.61. The van der Waals surface area contributed by atoms with E-state index in [0.717, 1.165) is 22.7 Å². The van der Waals surface area contributed by atoms with E-state index in [0.29, 0.717) is 12.4 Å². The van der Waals surface area contributed by atoms with E-state index in [1.807, 2.05) is 24.3 Å². The third-order valence-electron chi connectivity index (χ3n) is 5.07. The summed E-state index contributed by atoms with van der Waals surface area (Å²) in [6.45, 7) is 0.423. The molecule has 9 nitrogen and oxygen atoms in total. The van der Waals surface area contributed by atoms with Crippen LogP contribution in [0, 0.1) is 0 Å². The third-order valence-corrected chi connectivity index (χ3v) is 5.07. The van der Waals surface area contributed by atoms with Gasteiger partial charge in [-0.2, -0.15) is 0 Å². The first-order valence-electron chi connectivity index (χ1n) is 9.76. The Bertz CT molecular complexity index is 1060. The molecule has 3 aromatic rings. The van der Waals surface area contributed by atoms with Crippen LogP contribution in [0.2, 0.25) is 0 Å². The van der Waals surface area contributed by atoms with Gasteiger partial charge in [-0.25, -0.2) is 0 Å². The molecule has 31 heavy (non-hydrogen) atoms. The molecular weight excluding hydrogens is 400 g/mol. The Morgan fingerprint density at radius 1 is 1.06 bits per heavy atom. The summed E-state index contributed by atoms with van der Waals surface area (Å²) < 4.78 is 15.9. The van der Waals surface area contributed by atoms with Gasteiger partial charge in [-0.1, -0.05) is 17.2 Å². The molecule has 2 heterocycles. The quantitative estimate of drug-likeness (QED) is 0.624. The van der Waals surface area contributed by atoms with Crippen molar-refractivity contribution in [3.8, 4) is 11.5 Å². The van der Waals surface area contributed by atoms with Crippen molar-refractivity contribution < 1.29 is 23.5 Å². The minimum Gasteiger partial charge on any atom is -0.497 e. The molecule has 2 amide bonds. The number of hydrogen-bond acceptors (Lipinski definition) is 7. The van der Waals surface area contributed by atoms with E-state index in [1.165, 1.54) is 0 Å². The molecule has 0 saturated carbocycles. The van der Waals surface area contributed by atoms with E-state index in [-0.39, 0.29) is 36.6 Å². The number of carbonyl (C=O) groups excluding carboxylic acids is 2. The molecule has 9 heteroatoms. The number of aromatic nitrogens is 2. The van der Waals surface area contributed by atoms with Crippen LogP contribution >= 0.6 is 0 Å². The molecular formula is C22H22N4O5. The van der Waals surface area contributed by atoms with E-state index < -0.39 is 0 Å².